The van der Waals surface area contributed by atoms with E-state index in [2.05, 4.69) is 20.5 Å². The first-order chi connectivity index (χ1) is 13.1. The van der Waals surface area contributed by atoms with Gasteiger partial charge in [0.05, 0.1) is 12.3 Å². The quantitative estimate of drug-likeness (QED) is 0.460. The van der Waals surface area contributed by atoms with E-state index < -0.39 is 0 Å². The fourth-order valence-corrected chi connectivity index (χ4v) is 3.13. The Morgan fingerprint density at radius 2 is 2.07 bits per heavy atom. The van der Waals surface area contributed by atoms with Crippen molar-refractivity contribution in [2.45, 2.75) is 5.16 Å². The minimum absolute atomic E-state index is 0.0920. The Bertz CT molecular complexity index is 887. The molecule has 0 spiro atoms. The van der Waals surface area contributed by atoms with Crippen LogP contribution in [0.25, 0.3) is 11.4 Å². The lowest BCUT2D eigenvalue weighted by molar-refractivity contribution is -0.118. The van der Waals surface area contributed by atoms with Crippen LogP contribution in [0.3, 0.4) is 0 Å². The summed E-state index contributed by atoms with van der Waals surface area (Å²) in [5.74, 6) is 1.58. The molecule has 1 aromatic carbocycles. The molecule has 0 aliphatic heterocycles. The van der Waals surface area contributed by atoms with Gasteiger partial charge in [-0.2, -0.15) is 0 Å². The first-order valence-electron chi connectivity index (χ1n) is 8.21. The average Bonchev–Trinajstić information content (AvgIpc) is 3.06. The summed E-state index contributed by atoms with van der Waals surface area (Å²) in [6.45, 7) is 0.801. The summed E-state index contributed by atoms with van der Waals surface area (Å²) in [4.78, 5) is 16.1. The third-order valence-corrected chi connectivity index (χ3v) is 4.87. The van der Waals surface area contributed by atoms with E-state index in [1.165, 1.54) is 11.8 Å². The molecule has 0 saturated heterocycles. The molecule has 27 heavy (non-hydrogen) atoms. The maximum Gasteiger partial charge on any atom is 0.230 e. The van der Waals surface area contributed by atoms with Crippen LogP contribution in [0.4, 0.5) is 0 Å². The Morgan fingerprint density at radius 3 is 2.81 bits per heavy atom. The molecule has 0 bridgehead atoms. The number of pyridine rings is 1. The summed E-state index contributed by atoms with van der Waals surface area (Å²) >= 11 is 7.15. The fourth-order valence-electron chi connectivity index (χ4n) is 2.26. The molecule has 1 N–H and O–H groups in total. The highest BCUT2D eigenvalue weighted by molar-refractivity contribution is 7.99. The number of hydrogen-bond donors (Lipinski definition) is 1. The van der Waals surface area contributed by atoms with Crippen LogP contribution < -0.4 is 10.1 Å². The predicted molar refractivity (Wildman–Crippen MR) is 105 cm³/mol. The zero-order chi connectivity index (χ0) is 19.1. The zero-order valence-electron chi connectivity index (χ0n) is 14.6. The van der Waals surface area contributed by atoms with Gasteiger partial charge < -0.3 is 14.6 Å². The second-order valence-electron chi connectivity index (χ2n) is 5.55. The van der Waals surface area contributed by atoms with E-state index >= 15 is 0 Å². The number of rotatable bonds is 8. The van der Waals surface area contributed by atoms with Crippen molar-refractivity contribution in [3.8, 4) is 17.1 Å². The number of amides is 1. The maximum atomic E-state index is 12.0. The van der Waals surface area contributed by atoms with Crippen LogP contribution in [-0.2, 0) is 11.8 Å². The average molecular weight is 404 g/mol. The summed E-state index contributed by atoms with van der Waals surface area (Å²) < 4.78 is 7.38. The van der Waals surface area contributed by atoms with Crippen molar-refractivity contribution >= 4 is 29.3 Å². The highest BCUT2D eigenvalue weighted by Gasteiger charge is 2.12. The minimum Gasteiger partial charge on any atom is -0.492 e. The fraction of sp³-hybridized carbons (Fsp3) is 0.222. The van der Waals surface area contributed by atoms with E-state index in [0.29, 0.717) is 34.9 Å². The lowest BCUT2D eigenvalue weighted by Gasteiger charge is -2.08. The van der Waals surface area contributed by atoms with Crippen molar-refractivity contribution < 1.29 is 9.53 Å². The summed E-state index contributed by atoms with van der Waals surface area (Å²) in [7, 11) is 1.86. The van der Waals surface area contributed by atoms with Crippen LogP contribution in [0.2, 0.25) is 5.02 Å². The van der Waals surface area contributed by atoms with Gasteiger partial charge in [-0.15, -0.1) is 10.2 Å². The van der Waals surface area contributed by atoms with Gasteiger partial charge in [-0.3, -0.25) is 9.78 Å². The van der Waals surface area contributed by atoms with Gasteiger partial charge in [0.25, 0.3) is 0 Å². The van der Waals surface area contributed by atoms with Crippen molar-refractivity contribution in [1.29, 1.82) is 0 Å². The number of nitrogens with zero attached hydrogens (tertiary/aromatic N) is 4. The van der Waals surface area contributed by atoms with E-state index in [1.54, 1.807) is 36.7 Å². The first kappa shape index (κ1) is 19.2. The van der Waals surface area contributed by atoms with E-state index in [0.717, 1.165) is 5.56 Å². The van der Waals surface area contributed by atoms with E-state index in [4.69, 9.17) is 16.3 Å². The van der Waals surface area contributed by atoms with Crippen LogP contribution in [-0.4, -0.2) is 44.6 Å². The molecule has 2 aromatic heterocycles. The molecule has 0 aliphatic carbocycles. The van der Waals surface area contributed by atoms with Gasteiger partial charge in [0, 0.05) is 30.0 Å². The van der Waals surface area contributed by atoms with Gasteiger partial charge in [0.15, 0.2) is 11.0 Å². The van der Waals surface area contributed by atoms with Crippen LogP contribution in [0, 0.1) is 0 Å². The van der Waals surface area contributed by atoms with Crippen molar-refractivity contribution in [2.75, 3.05) is 18.9 Å². The topological polar surface area (TPSA) is 81.9 Å². The summed E-state index contributed by atoms with van der Waals surface area (Å²) in [5.41, 5.74) is 0.878. The highest BCUT2D eigenvalue weighted by Crippen LogP contribution is 2.21. The molecule has 0 saturated carbocycles. The van der Waals surface area contributed by atoms with E-state index in [9.17, 15) is 4.79 Å². The van der Waals surface area contributed by atoms with Crippen molar-refractivity contribution in [1.82, 2.24) is 25.1 Å². The molecular formula is C18H18ClN5O2S. The van der Waals surface area contributed by atoms with Crippen LogP contribution in [0.15, 0.2) is 53.9 Å². The number of halogens is 1. The number of hydrogen-bond acceptors (Lipinski definition) is 6. The van der Waals surface area contributed by atoms with Gasteiger partial charge in [-0.1, -0.05) is 23.4 Å². The molecule has 3 aromatic rings. The zero-order valence-corrected chi connectivity index (χ0v) is 16.2. The second kappa shape index (κ2) is 9.38. The SMILES string of the molecule is Cn1c(SCC(=O)NCCOc2ccc(Cl)cc2)nnc1-c1cccnc1. The van der Waals surface area contributed by atoms with E-state index in [-0.39, 0.29) is 11.7 Å². The Hall–Kier alpha value is -2.58. The lowest BCUT2D eigenvalue weighted by atomic mass is 10.3. The molecule has 2 heterocycles. The van der Waals surface area contributed by atoms with E-state index in [1.807, 2.05) is 23.7 Å². The predicted octanol–water partition coefficient (Wildman–Crippen LogP) is 2.82. The Kier molecular flexibility index (Phi) is 6.67. The Balaban J connectivity index is 1.42. The van der Waals surface area contributed by atoms with Crippen molar-refractivity contribution in [2.24, 2.45) is 7.05 Å². The summed E-state index contributed by atoms with van der Waals surface area (Å²) in [6, 6.07) is 10.8. The van der Waals surface area contributed by atoms with Crippen LogP contribution in [0.5, 0.6) is 5.75 Å². The van der Waals surface area contributed by atoms with Crippen LogP contribution in [0.1, 0.15) is 0 Å². The molecule has 0 aliphatic rings. The van der Waals surface area contributed by atoms with Crippen molar-refractivity contribution in [3.63, 3.8) is 0 Å². The molecule has 0 fully saturated rings. The second-order valence-corrected chi connectivity index (χ2v) is 6.93. The van der Waals surface area contributed by atoms with Gasteiger partial charge in [-0.05, 0) is 36.4 Å². The highest BCUT2D eigenvalue weighted by atomic mass is 35.5. The normalized spacial score (nSPS) is 10.6. The summed E-state index contributed by atoms with van der Waals surface area (Å²) in [5, 5.41) is 12.4. The largest absolute Gasteiger partial charge is 0.492 e. The molecule has 0 radical (unpaired) electrons. The molecule has 0 unspecified atom stereocenters. The molecule has 0 atom stereocenters. The minimum atomic E-state index is -0.0920. The van der Waals surface area contributed by atoms with Gasteiger partial charge in [-0.25, -0.2) is 0 Å². The summed E-state index contributed by atoms with van der Waals surface area (Å²) in [6.07, 6.45) is 3.43. The molecule has 1 amide bonds. The third kappa shape index (κ3) is 5.45. The number of carbonyl (C=O) groups excluding carboxylic acids is 1. The monoisotopic (exact) mass is 403 g/mol. The number of benzene rings is 1. The number of carbonyl (C=O) groups is 1. The van der Waals surface area contributed by atoms with Gasteiger partial charge in [0.1, 0.15) is 12.4 Å². The third-order valence-electron chi connectivity index (χ3n) is 3.59. The van der Waals surface area contributed by atoms with Gasteiger partial charge >= 0.3 is 0 Å². The number of nitrogens with one attached hydrogen (secondary N) is 1. The molecule has 140 valence electrons. The smallest absolute Gasteiger partial charge is 0.230 e. The maximum absolute atomic E-state index is 12.0. The lowest BCUT2D eigenvalue weighted by Crippen LogP contribution is -2.29. The number of aromatic nitrogens is 4. The molecule has 7 nitrogen and oxygen atoms in total. The Labute approximate surface area is 166 Å². The molecule has 3 rings (SSSR count). The first-order valence-corrected chi connectivity index (χ1v) is 9.57. The standard InChI is InChI=1S/C18H18ClN5O2S/c1-24-17(13-3-2-8-20-11-13)22-23-18(24)27-12-16(25)21-9-10-26-15-6-4-14(19)5-7-15/h2-8,11H,9-10,12H2,1H3,(H,21,25). The molecule has 9 heteroatoms. The van der Waals surface area contributed by atoms with Crippen molar-refractivity contribution in [3.05, 3.63) is 53.8 Å². The van der Waals surface area contributed by atoms with Crippen LogP contribution >= 0.6 is 23.4 Å². The van der Waals surface area contributed by atoms with Gasteiger partial charge in [0.2, 0.25) is 5.91 Å². The number of thioether (sulfide) groups is 1. The number of ether oxygens (including phenoxy) is 1. The Morgan fingerprint density at radius 1 is 1.26 bits per heavy atom. The molecular weight excluding hydrogens is 386 g/mol.